The lowest BCUT2D eigenvalue weighted by atomic mass is 9.88. The van der Waals surface area contributed by atoms with E-state index in [1.165, 1.54) is 12.3 Å². The lowest BCUT2D eigenvalue weighted by Crippen LogP contribution is -2.07. The van der Waals surface area contributed by atoms with E-state index in [0.29, 0.717) is 5.56 Å². The van der Waals surface area contributed by atoms with Gasteiger partial charge < -0.3 is 0 Å². The molecule has 7 heteroatoms. The highest BCUT2D eigenvalue weighted by Crippen LogP contribution is 2.52. The van der Waals surface area contributed by atoms with Gasteiger partial charge in [0.15, 0.2) is 9.84 Å². The predicted molar refractivity (Wildman–Crippen MR) is 106 cm³/mol. The van der Waals surface area contributed by atoms with Crippen molar-refractivity contribution in [2.75, 3.05) is 6.26 Å². The SMILES string of the molecule is CS(=O)(=O)c1ccc(C2=CC3(C=C2c2ccc(C(F)(F)F)nc2)CCCC3)cc1. The molecule has 0 bridgehead atoms. The third-order valence-corrected chi connectivity index (χ3v) is 6.78. The highest BCUT2D eigenvalue weighted by molar-refractivity contribution is 7.90. The summed E-state index contributed by atoms with van der Waals surface area (Å²) in [6.07, 6.45) is 6.47. The van der Waals surface area contributed by atoms with Gasteiger partial charge in [-0.1, -0.05) is 43.2 Å². The summed E-state index contributed by atoms with van der Waals surface area (Å²) >= 11 is 0. The number of halogens is 3. The molecule has 0 saturated heterocycles. The quantitative estimate of drug-likeness (QED) is 0.656. The Balaban J connectivity index is 1.76. The maximum absolute atomic E-state index is 12.9. The third kappa shape index (κ3) is 3.88. The van der Waals surface area contributed by atoms with Crippen LogP contribution in [0.4, 0.5) is 13.2 Å². The van der Waals surface area contributed by atoms with Crippen molar-refractivity contribution in [2.45, 2.75) is 36.8 Å². The summed E-state index contributed by atoms with van der Waals surface area (Å²) in [5.74, 6) is 0. The highest BCUT2D eigenvalue weighted by Gasteiger charge is 2.37. The zero-order valence-corrected chi connectivity index (χ0v) is 16.6. The van der Waals surface area contributed by atoms with E-state index in [1.54, 1.807) is 24.3 Å². The highest BCUT2D eigenvalue weighted by atomic mass is 32.2. The number of sulfone groups is 1. The lowest BCUT2D eigenvalue weighted by molar-refractivity contribution is -0.141. The van der Waals surface area contributed by atoms with Gasteiger partial charge in [-0.25, -0.2) is 8.42 Å². The average molecular weight is 419 g/mol. The van der Waals surface area contributed by atoms with Crippen molar-refractivity contribution in [2.24, 2.45) is 5.41 Å². The molecule has 1 aromatic heterocycles. The van der Waals surface area contributed by atoms with E-state index < -0.39 is 21.7 Å². The van der Waals surface area contributed by atoms with Crippen molar-refractivity contribution >= 4 is 21.0 Å². The normalized spacial score (nSPS) is 18.8. The van der Waals surface area contributed by atoms with Gasteiger partial charge in [-0.05, 0) is 47.8 Å². The van der Waals surface area contributed by atoms with Gasteiger partial charge in [-0.3, -0.25) is 4.98 Å². The van der Waals surface area contributed by atoms with Crippen LogP contribution in [0, 0.1) is 5.41 Å². The molecule has 1 saturated carbocycles. The van der Waals surface area contributed by atoms with Gasteiger partial charge in [-0.2, -0.15) is 13.2 Å². The summed E-state index contributed by atoms with van der Waals surface area (Å²) in [7, 11) is -3.30. The molecule has 0 amide bonds. The third-order valence-electron chi connectivity index (χ3n) is 5.65. The van der Waals surface area contributed by atoms with Gasteiger partial charge in [-0.15, -0.1) is 0 Å². The summed E-state index contributed by atoms with van der Waals surface area (Å²) in [4.78, 5) is 3.85. The van der Waals surface area contributed by atoms with Crippen LogP contribution in [0.1, 0.15) is 42.5 Å². The summed E-state index contributed by atoms with van der Waals surface area (Å²) < 4.78 is 62.1. The maximum atomic E-state index is 12.9. The first-order valence-corrected chi connectivity index (χ1v) is 11.3. The molecule has 1 spiro atoms. The van der Waals surface area contributed by atoms with Crippen LogP contribution >= 0.6 is 0 Å². The summed E-state index contributed by atoms with van der Waals surface area (Å²) in [6.45, 7) is 0. The lowest BCUT2D eigenvalue weighted by Gasteiger charge is -2.16. The Kier molecular flexibility index (Phi) is 4.69. The monoisotopic (exact) mass is 419 g/mol. The Morgan fingerprint density at radius 3 is 1.93 bits per heavy atom. The topological polar surface area (TPSA) is 47.0 Å². The second-order valence-electron chi connectivity index (χ2n) is 7.78. The van der Waals surface area contributed by atoms with Crippen molar-refractivity contribution in [3.05, 3.63) is 71.6 Å². The van der Waals surface area contributed by atoms with Crippen molar-refractivity contribution in [1.82, 2.24) is 4.98 Å². The van der Waals surface area contributed by atoms with Gasteiger partial charge in [0, 0.05) is 23.4 Å². The Bertz CT molecular complexity index is 1090. The zero-order valence-electron chi connectivity index (χ0n) is 15.8. The number of rotatable bonds is 3. The molecule has 4 rings (SSSR count). The molecular weight excluding hydrogens is 399 g/mol. The molecule has 1 fully saturated rings. The number of allylic oxidation sites excluding steroid dienone is 4. The van der Waals surface area contributed by atoms with E-state index in [0.717, 1.165) is 54.7 Å². The molecule has 29 heavy (non-hydrogen) atoms. The van der Waals surface area contributed by atoms with Crippen LogP contribution < -0.4 is 0 Å². The van der Waals surface area contributed by atoms with Gasteiger partial charge in [0.1, 0.15) is 5.69 Å². The van der Waals surface area contributed by atoms with E-state index in [9.17, 15) is 21.6 Å². The molecule has 1 aromatic carbocycles. The largest absolute Gasteiger partial charge is 0.433 e. The molecule has 3 nitrogen and oxygen atoms in total. The molecule has 1 heterocycles. The van der Waals surface area contributed by atoms with Gasteiger partial charge in [0.2, 0.25) is 0 Å². The molecule has 0 radical (unpaired) electrons. The maximum Gasteiger partial charge on any atom is 0.433 e. The number of aromatic nitrogens is 1. The van der Waals surface area contributed by atoms with Crippen molar-refractivity contribution < 1.29 is 21.6 Å². The summed E-state index contributed by atoms with van der Waals surface area (Å²) in [5.41, 5.74) is 2.21. The van der Waals surface area contributed by atoms with Crippen molar-refractivity contribution in [3.8, 4) is 0 Å². The molecule has 0 N–H and O–H groups in total. The minimum atomic E-state index is -4.48. The molecule has 152 valence electrons. The minimum absolute atomic E-state index is 0.0944. The Labute approximate surface area is 167 Å². The van der Waals surface area contributed by atoms with Crippen molar-refractivity contribution in [3.63, 3.8) is 0 Å². The van der Waals surface area contributed by atoms with E-state index in [1.807, 2.05) is 0 Å². The van der Waals surface area contributed by atoms with Crippen LogP contribution in [0.15, 0.2) is 59.6 Å². The molecular formula is C22H20F3NO2S. The number of nitrogens with zero attached hydrogens (tertiary/aromatic N) is 1. The molecule has 0 atom stereocenters. The van der Waals surface area contributed by atoms with Crippen LogP contribution in [-0.4, -0.2) is 19.7 Å². The first-order chi connectivity index (χ1) is 13.6. The molecule has 0 aliphatic heterocycles. The Hall–Kier alpha value is -2.41. The van der Waals surface area contributed by atoms with Crippen LogP contribution in [0.3, 0.4) is 0 Å². The number of pyridine rings is 1. The fourth-order valence-corrected chi connectivity index (χ4v) is 4.80. The molecule has 2 aromatic rings. The Morgan fingerprint density at radius 2 is 1.45 bits per heavy atom. The minimum Gasteiger partial charge on any atom is -0.251 e. The Morgan fingerprint density at radius 1 is 0.897 bits per heavy atom. The van der Waals surface area contributed by atoms with E-state index >= 15 is 0 Å². The van der Waals surface area contributed by atoms with Crippen LogP contribution in [0.5, 0.6) is 0 Å². The number of hydrogen-bond donors (Lipinski definition) is 0. The first-order valence-electron chi connectivity index (χ1n) is 9.38. The van der Waals surface area contributed by atoms with E-state index in [4.69, 9.17) is 0 Å². The number of alkyl halides is 3. The van der Waals surface area contributed by atoms with Gasteiger partial charge in [0.05, 0.1) is 4.90 Å². The standard InChI is InChI=1S/C22H20F3NO2S/c1-29(27,28)17-7-4-15(5-8-17)18-12-21(10-2-3-11-21)13-19(18)16-6-9-20(26-14-16)22(23,24)25/h4-9,12-14H,2-3,10-11H2,1H3. The van der Waals surface area contributed by atoms with E-state index in [2.05, 4.69) is 17.1 Å². The fourth-order valence-electron chi connectivity index (χ4n) is 4.17. The number of benzene rings is 1. The zero-order chi connectivity index (χ0) is 20.9. The average Bonchev–Trinajstić information content (AvgIpc) is 3.28. The van der Waals surface area contributed by atoms with Crippen LogP contribution in [0.2, 0.25) is 0 Å². The van der Waals surface area contributed by atoms with Gasteiger partial charge in [0.25, 0.3) is 0 Å². The predicted octanol–water partition coefficient (Wildman–Crippen LogP) is 5.54. The molecule has 0 unspecified atom stereocenters. The second-order valence-corrected chi connectivity index (χ2v) is 9.80. The molecule has 2 aliphatic rings. The van der Waals surface area contributed by atoms with E-state index in [-0.39, 0.29) is 10.3 Å². The fraction of sp³-hybridized carbons (Fsp3) is 0.318. The van der Waals surface area contributed by atoms with Gasteiger partial charge >= 0.3 is 6.18 Å². The first kappa shape index (κ1) is 19.9. The van der Waals surface area contributed by atoms with Crippen LogP contribution in [-0.2, 0) is 16.0 Å². The number of hydrogen-bond acceptors (Lipinski definition) is 3. The smallest absolute Gasteiger partial charge is 0.251 e. The summed E-state index contributed by atoms with van der Waals surface area (Å²) in [5, 5.41) is 0. The summed E-state index contributed by atoms with van der Waals surface area (Å²) in [6, 6.07) is 9.08. The molecule has 2 aliphatic carbocycles. The van der Waals surface area contributed by atoms with Crippen LogP contribution in [0.25, 0.3) is 11.1 Å². The second kappa shape index (κ2) is 6.83. The van der Waals surface area contributed by atoms with Crippen molar-refractivity contribution in [1.29, 1.82) is 0 Å².